The molecule has 0 saturated heterocycles. The molecule has 0 radical (unpaired) electrons. The molecular formula is C20H13Cl2N7O. The smallest absolute Gasteiger partial charge is 0.288 e. The molecule has 2 aromatic heterocycles. The summed E-state index contributed by atoms with van der Waals surface area (Å²) < 4.78 is 1.57. The van der Waals surface area contributed by atoms with Crippen LogP contribution in [0.5, 0.6) is 0 Å². The second-order valence-electron chi connectivity index (χ2n) is 6.61. The van der Waals surface area contributed by atoms with E-state index < -0.39 is 6.04 Å². The molecule has 30 heavy (non-hydrogen) atoms. The molecule has 0 aliphatic carbocycles. The summed E-state index contributed by atoms with van der Waals surface area (Å²) in [5.41, 5.74) is 2.78. The first-order chi connectivity index (χ1) is 14.6. The van der Waals surface area contributed by atoms with E-state index in [2.05, 4.69) is 31.0 Å². The predicted octanol–water partition coefficient (Wildman–Crippen LogP) is 3.93. The van der Waals surface area contributed by atoms with Crippen molar-refractivity contribution in [2.24, 2.45) is 0 Å². The SMILES string of the molecule is O=c1[nH]nc(/C=C/c2ccccc2)c2c1Nc1nnnn1[C@@H]2c1ccc(Cl)cc1Cl. The number of benzene rings is 2. The first-order valence-corrected chi connectivity index (χ1v) is 9.73. The Morgan fingerprint density at radius 3 is 2.70 bits per heavy atom. The van der Waals surface area contributed by atoms with E-state index in [1.54, 1.807) is 22.9 Å². The van der Waals surface area contributed by atoms with Crippen LogP contribution in [-0.4, -0.2) is 30.4 Å². The zero-order valence-electron chi connectivity index (χ0n) is 15.3. The van der Waals surface area contributed by atoms with E-state index in [1.807, 2.05) is 42.5 Å². The van der Waals surface area contributed by atoms with Crippen LogP contribution in [-0.2, 0) is 0 Å². The van der Waals surface area contributed by atoms with Crippen LogP contribution in [0.3, 0.4) is 0 Å². The van der Waals surface area contributed by atoms with Crippen LogP contribution in [0.4, 0.5) is 11.6 Å². The van der Waals surface area contributed by atoms with E-state index in [1.165, 1.54) is 0 Å². The fourth-order valence-electron chi connectivity index (χ4n) is 3.44. The van der Waals surface area contributed by atoms with E-state index >= 15 is 0 Å². The zero-order chi connectivity index (χ0) is 20.7. The van der Waals surface area contributed by atoms with Gasteiger partial charge in [-0.05, 0) is 34.2 Å². The van der Waals surface area contributed by atoms with Gasteiger partial charge in [-0.3, -0.25) is 4.79 Å². The minimum absolute atomic E-state index is 0.316. The number of anilines is 2. The average molecular weight is 438 g/mol. The lowest BCUT2D eigenvalue weighted by Gasteiger charge is -2.27. The maximum atomic E-state index is 12.6. The highest BCUT2D eigenvalue weighted by Gasteiger charge is 2.34. The van der Waals surface area contributed by atoms with Gasteiger partial charge in [-0.1, -0.05) is 70.8 Å². The van der Waals surface area contributed by atoms with Gasteiger partial charge < -0.3 is 5.32 Å². The van der Waals surface area contributed by atoms with E-state index in [4.69, 9.17) is 23.2 Å². The molecule has 5 rings (SSSR count). The first-order valence-electron chi connectivity index (χ1n) is 8.97. The van der Waals surface area contributed by atoms with Gasteiger partial charge in [-0.25, -0.2) is 5.10 Å². The Morgan fingerprint density at radius 1 is 1.07 bits per heavy atom. The molecule has 148 valence electrons. The summed E-state index contributed by atoms with van der Waals surface area (Å²) in [6.45, 7) is 0. The molecule has 8 nitrogen and oxygen atoms in total. The Morgan fingerprint density at radius 2 is 1.90 bits per heavy atom. The molecule has 0 fully saturated rings. The molecule has 0 bridgehead atoms. The van der Waals surface area contributed by atoms with Crippen molar-refractivity contribution in [1.29, 1.82) is 0 Å². The molecule has 1 aliphatic rings. The number of H-pyrrole nitrogens is 1. The second kappa shape index (κ2) is 7.40. The number of nitrogens with zero attached hydrogens (tertiary/aromatic N) is 5. The molecule has 0 amide bonds. The first kappa shape index (κ1) is 18.5. The normalized spacial score (nSPS) is 14.9. The Kier molecular flexibility index (Phi) is 4.57. The van der Waals surface area contributed by atoms with Crippen LogP contribution in [0.25, 0.3) is 12.2 Å². The minimum Gasteiger partial charge on any atom is -0.318 e. The lowest BCUT2D eigenvalue weighted by Crippen LogP contribution is -2.29. The van der Waals surface area contributed by atoms with Crippen molar-refractivity contribution in [1.82, 2.24) is 30.4 Å². The van der Waals surface area contributed by atoms with E-state index in [0.29, 0.717) is 38.5 Å². The topological polar surface area (TPSA) is 101 Å². The summed E-state index contributed by atoms with van der Waals surface area (Å²) in [6, 6.07) is 14.4. The number of hydrogen-bond donors (Lipinski definition) is 2. The number of aromatic amines is 1. The van der Waals surface area contributed by atoms with Gasteiger partial charge in [0.2, 0.25) is 5.95 Å². The lowest BCUT2D eigenvalue weighted by molar-refractivity contribution is 0.565. The Labute approximate surface area is 180 Å². The molecule has 1 aliphatic heterocycles. The molecule has 3 heterocycles. The number of fused-ring (bicyclic) bond motifs is 2. The van der Waals surface area contributed by atoms with Crippen molar-refractivity contribution in [2.75, 3.05) is 5.32 Å². The largest absolute Gasteiger partial charge is 0.318 e. The van der Waals surface area contributed by atoms with Crippen LogP contribution in [0.2, 0.25) is 10.0 Å². The highest BCUT2D eigenvalue weighted by Crippen LogP contribution is 2.41. The van der Waals surface area contributed by atoms with Gasteiger partial charge in [-0.15, -0.1) is 0 Å². The Hall–Kier alpha value is -3.49. The third-order valence-electron chi connectivity index (χ3n) is 4.79. The average Bonchev–Trinajstić information content (AvgIpc) is 3.22. The van der Waals surface area contributed by atoms with Gasteiger partial charge in [0, 0.05) is 21.2 Å². The summed E-state index contributed by atoms with van der Waals surface area (Å²) in [4.78, 5) is 12.6. The second-order valence-corrected chi connectivity index (χ2v) is 7.45. The van der Waals surface area contributed by atoms with Crippen LogP contribution >= 0.6 is 23.2 Å². The maximum absolute atomic E-state index is 12.6. The third kappa shape index (κ3) is 3.16. The molecule has 0 spiro atoms. The van der Waals surface area contributed by atoms with Crippen molar-refractivity contribution in [2.45, 2.75) is 6.04 Å². The van der Waals surface area contributed by atoms with Crippen molar-refractivity contribution >= 4 is 47.0 Å². The standard InChI is InChI=1S/C20H13Cl2N7O/c21-12-7-8-13(14(22)10-12)18-16-15(9-6-11-4-2-1-3-5-11)24-25-19(30)17(16)23-20-26-27-28-29(18)20/h1-10,18H,(H,25,30)(H,23,26,28)/b9-6+/t18-/m1/s1. The molecule has 0 saturated carbocycles. The van der Waals surface area contributed by atoms with Crippen molar-refractivity contribution < 1.29 is 0 Å². The fourth-order valence-corrected chi connectivity index (χ4v) is 3.95. The lowest BCUT2D eigenvalue weighted by atomic mass is 9.94. The number of rotatable bonds is 3. The molecule has 2 aromatic carbocycles. The Balaban J connectivity index is 1.74. The molecule has 0 unspecified atom stereocenters. The van der Waals surface area contributed by atoms with Gasteiger partial charge in [-0.2, -0.15) is 9.78 Å². The quantitative estimate of drug-likeness (QED) is 0.443. The van der Waals surface area contributed by atoms with Gasteiger partial charge in [0.15, 0.2) is 0 Å². The molecule has 1 atom stereocenters. The fraction of sp³-hybridized carbons (Fsp3) is 0.0500. The number of halogens is 2. The van der Waals surface area contributed by atoms with Crippen molar-refractivity contribution in [3.8, 4) is 0 Å². The minimum atomic E-state index is -0.568. The third-order valence-corrected chi connectivity index (χ3v) is 5.35. The highest BCUT2D eigenvalue weighted by molar-refractivity contribution is 6.35. The number of tetrazole rings is 1. The van der Waals surface area contributed by atoms with Crippen LogP contribution in [0.1, 0.15) is 28.4 Å². The van der Waals surface area contributed by atoms with Crippen LogP contribution in [0.15, 0.2) is 53.3 Å². The summed E-state index contributed by atoms with van der Waals surface area (Å²) >= 11 is 12.6. The van der Waals surface area contributed by atoms with Crippen molar-refractivity contribution in [3.05, 3.63) is 91.3 Å². The zero-order valence-corrected chi connectivity index (χ0v) is 16.8. The van der Waals surface area contributed by atoms with Gasteiger partial charge in [0.25, 0.3) is 5.56 Å². The van der Waals surface area contributed by atoms with E-state index in [-0.39, 0.29) is 5.56 Å². The Bertz CT molecular complexity index is 1330. The van der Waals surface area contributed by atoms with Crippen LogP contribution in [0, 0.1) is 0 Å². The summed E-state index contributed by atoms with van der Waals surface area (Å²) in [5.74, 6) is 0.327. The van der Waals surface area contributed by atoms with Crippen LogP contribution < -0.4 is 10.9 Å². The summed E-state index contributed by atoms with van der Waals surface area (Å²) in [6.07, 6.45) is 3.74. The van der Waals surface area contributed by atoms with Gasteiger partial charge in [0.05, 0.1) is 5.69 Å². The molecule has 10 heteroatoms. The van der Waals surface area contributed by atoms with Crippen molar-refractivity contribution in [3.63, 3.8) is 0 Å². The number of nitrogens with one attached hydrogen (secondary N) is 2. The highest BCUT2D eigenvalue weighted by atomic mass is 35.5. The summed E-state index contributed by atoms with van der Waals surface area (Å²) in [7, 11) is 0. The van der Waals surface area contributed by atoms with Gasteiger partial charge in [0.1, 0.15) is 11.7 Å². The molecule has 2 N–H and O–H groups in total. The molecular weight excluding hydrogens is 425 g/mol. The predicted molar refractivity (Wildman–Crippen MR) is 115 cm³/mol. The monoisotopic (exact) mass is 437 g/mol. The van der Waals surface area contributed by atoms with Gasteiger partial charge >= 0.3 is 0 Å². The number of aromatic nitrogens is 6. The number of hydrogen-bond acceptors (Lipinski definition) is 6. The maximum Gasteiger partial charge on any atom is 0.288 e. The van der Waals surface area contributed by atoms with E-state index in [9.17, 15) is 4.79 Å². The van der Waals surface area contributed by atoms with E-state index in [0.717, 1.165) is 5.56 Å². The molecule has 4 aromatic rings. The summed E-state index contributed by atoms with van der Waals surface area (Å²) in [5, 5.41) is 22.6.